The first-order valence-corrected chi connectivity index (χ1v) is 8.54. The van der Waals surface area contributed by atoms with Crippen LogP contribution < -0.4 is 10.1 Å². The van der Waals surface area contributed by atoms with Crippen molar-refractivity contribution < 1.29 is 4.74 Å². The summed E-state index contributed by atoms with van der Waals surface area (Å²) in [6.45, 7) is 3.93. The molecule has 1 aliphatic heterocycles. The summed E-state index contributed by atoms with van der Waals surface area (Å²) >= 11 is 5.99. The van der Waals surface area contributed by atoms with Gasteiger partial charge < -0.3 is 15.0 Å². The molecule has 3 rings (SSSR count). The van der Waals surface area contributed by atoms with Crippen molar-refractivity contribution in [3.63, 3.8) is 0 Å². The van der Waals surface area contributed by atoms with Gasteiger partial charge in [0.05, 0.1) is 12.8 Å². The Morgan fingerprint density at radius 1 is 1.08 bits per heavy atom. The van der Waals surface area contributed by atoms with Crippen molar-refractivity contribution in [1.82, 2.24) is 10.2 Å². The van der Waals surface area contributed by atoms with E-state index in [1.165, 1.54) is 5.56 Å². The number of aliphatic imine (C=N–C) groups is 1. The van der Waals surface area contributed by atoms with Gasteiger partial charge in [0.2, 0.25) is 0 Å². The fourth-order valence-electron chi connectivity index (χ4n) is 2.74. The van der Waals surface area contributed by atoms with Crippen LogP contribution in [0.1, 0.15) is 5.56 Å². The molecule has 2 aromatic carbocycles. The Morgan fingerprint density at radius 3 is 2.38 bits per heavy atom. The summed E-state index contributed by atoms with van der Waals surface area (Å²) in [5, 5.41) is 4.15. The normalized spacial score (nSPS) is 15.4. The molecule has 0 aliphatic carbocycles. The second kappa shape index (κ2) is 8.18. The van der Waals surface area contributed by atoms with Crippen LogP contribution in [0.3, 0.4) is 0 Å². The van der Waals surface area contributed by atoms with Crippen LogP contribution in [0.15, 0.2) is 53.5 Å². The van der Waals surface area contributed by atoms with Crippen molar-refractivity contribution in [2.45, 2.75) is 6.42 Å². The Labute approximate surface area is 148 Å². The minimum Gasteiger partial charge on any atom is -0.497 e. The summed E-state index contributed by atoms with van der Waals surface area (Å²) in [5.74, 6) is 1.93. The van der Waals surface area contributed by atoms with Gasteiger partial charge in [-0.15, -0.1) is 0 Å². The summed E-state index contributed by atoms with van der Waals surface area (Å²) in [7, 11) is 1.67. The minimum absolute atomic E-state index is 0.759. The van der Waals surface area contributed by atoms with Gasteiger partial charge in [-0.3, -0.25) is 0 Å². The molecule has 0 spiro atoms. The van der Waals surface area contributed by atoms with E-state index >= 15 is 0 Å². The minimum atomic E-state index is 0.759. The fourth-order valence-corrected chi connectivity index (χ4v) is 2.86. The number of ether oxygens (including phenoxy) is 1. The highest BCUT2D eigenvalue weighted by Gasteiger charge is 2.15. The zero-order valence-corrected chi connectivity index (χ0v) is 14.6. The second-order valence-corrected chi connectivity index (χ2v) is 6.20. The molecule has 24 heavy (non-hydrogen) atoms. The molecule has 0 unspecified atom stereocenters. The van der Waals surface area contributed by atoms with Gasteiger partial charge in [0.25, 0.3) is 0 Å². The lowest BCUT2D eigenvalue weighted by Crippen LogP contribution is -2.47. The molecule has 1 saturated heterocycles. The van der Waals surface area contributed by atoms with E-state index in [9.17, 15) is 0 Å². The number of piperazine rings is 1. The van der Waals surface area contributed by atoms with E-state index in [0.717, 1.165) is 54.9 Å². The summed E-state index contributed by atoms with van der Waals surface area (Å²) in [4.78, 5) is 7.26. The molecular weight excluding hydrogens is 322 g/mol. The van der Waals surface area contributed by atoms with Crippen LogP contribution in [0.5, 0.6) is 5.75 Å². The summed E-state index contributed by atoms with van der Waals surface area (Å²) in [5.41, 5.74) is 2.16. The number of methoxy groups -OCH3 is 1. The van der Waals surface area contributed by atoms with Gasteiger partial charge in [0.1, 0.15) is 11.6 Å². The summed E-state index contributed by atoms with van der Waals surface area (Å²) < 4.78 is 5.22. The lowest BCUT2D eigenvalue weighted by molar-refractivity contribution is 0.353. The van der Waals surface area contributed by atoms with Crippen LogP contribution in [0, 0.1) is 0 Å². The van der Waals surface area contributed by atoms with E-state index < -0.39 is 0 Å². The van der Waals surface area contributed by atoms with Crippen molar-refractivity contribution in [1.29, 1.82) is 0 Å². The third kappa shape index (κ3) is 4.49. The first-order chi connectivity index (χ1) is 11.7. The molecule has 1 aliphatic rings. The predicted octanol–water partition coefficient (Wildman–Crippen LogP) is 3.53. The molecule has 0 atom stereocenters. The Balaban J connectivity index is 1.84. The van der Waals surface area contributed by atoms with Gasteiger partial charge in [-0.25, -0.2) is 4.99 Å². The van der Waals surface area contributed by atoms with Crippen molar-refractivity contribution in [2.24, 2.45) is 4.99 Å². The number of rotatable bonds is 4. The quantitative estimate of drug-likeness (QED) is 0.681. The predicted molar refractivity (Wildman–Crippen MR) is 99.7 cm³/mol. The number of amidine groups is 1. The molecule has 126 valence electrons. The van der Waals surface area contributed by atoms with Crippen LogP contribution in [-0.2, 0) is 6.42 Å². The standard InChI is InChI=1S/C19H22ClN3O/c1-24-18-8-6-17(7-9-18)22-19(23-12-10-21-11-13-23)14-15-2-4-16(20)5-3-15/h2-9,21H,10-14H2,1H3. The lowest BCUT2D eigenvalue weighted by Gasteiger charge is -2.30. The monoisotopic (exact) mass is 343 g/mol. The van der Waals surface area contributed by atoms with Gasteiger partial charge in [-0.1, -0.05) is 23.7 Å². The average Bonchev–Trinajstić information content (AvgIpc) is 2.64. The maximum atomic E-state index is 5.99. The average molecular weight is 344 g/mol. The Morgan fingerprint density at radius 2 is 1.75 bits per heavy atom. The largest absolute Gasteiger partial charge is 0.497 e. The van der Waals surface area contributed by atoms with Crippen LogP contribution in [0.2, 0.25) is 5.02 Å². The van der Waals surface area contributed by atoms with Gasteiger partial charge in [-0.05, 0) is 42.0 Å². The van der Waals surface area contributed by atoms with Crippen molar-refractivity contribution in [3.8, 4) is 5.75 Å². The number of hydrogen-bond donors (Lipinski definition) is 1. The summed E-state index contributed by atoms with van der Waals surface area (Å²) in [6.07, 6.45) is 0.795. The Hall–Kier alpha value is -2.04. The molecule has 1 fully saturated rings. The molecule has 0 bridgehead atoms. The molecule has 5 heteroatoms. The van der Waals surface area contributed by atoms with E-state index in [0.29, 0.717) is 0 Å². The highest BCUT2D eigenvalue weighted by Crippen LogP contribution is 2.20. The van der Waals surface area contributed by atoms with Gasteiger partial charge in [-0.2, -0.15) is 0 Å². The SMILES string of the molecule is COc1ccc(N=C(Cc2ccc(Cl)cc2)N2CCNCC2)cc1. The molecule has 0 radical (unpaired) electrons. The highest BCUT2D eigenvalue weighted by atomic mass is 35.5. The summed E-state index contributed by atoms with van der Waals surface area (Å²) in [6, 6.07) is 15.8. The first kappa shape index (κ1) is 16.8. The topological polar surface area (TPSA) is 36.9 Å². The van der Waals surface area contributed by atoms with E-state index in [1.807, 2.05) is 36.4 Å². The maximum absolute atomic E-state index is 5.99. The zero-order valence-electron chi connectivity index (χ0n) is 13.8. The first-order valence-electron chi connectivity index (χ1n) is 8.16. The van der Waals surface area contributed by atoms with Crippen LogP contribution in [0.4, 0.5) is 5.69 Å². The van der Waals surface area contributed by atoms with Crippen LogP contribution in [0.25, 0.3) is 0 Å². The van der Waals surface area contributed by atoms with Gasteiger partial charge >= 0.3 is 0 Å². The van der Waals surface area contributed by atoms with E-state index in [1.54, 1.807) is 7.11 Å². The fraction of sp³-hybridized carbons (Fsp3) is 0.316. The second-order valence-electron chi connectivity index (χ2n) is 5.77. The third-order valence-electron chi connectivity index (χ3n) is 4.09. The molecule has 4 nitrogen and oxygen atoms in total. The molecule has 1 heterocycles. The van der Waals surface area contributed by atoms with Crippen LogP contribution in [-0.4, -0.2) is 44.0 Å². The van der Waals surface area contributed by atoms with Crippen molar-refractivity contribution in [3.05, 3.63) is 59.1 Å². The molecule has 1 N–H and O–H groups in total. The molecule has 2 aromatic rings. The Bertz CT molecular complexity index is 677. The highest BCUT2D eigenvalue weighted by molar-refractivity contribution is 6.30. The number of nitrogens with one attached hydrogen (secondary N) is 1. The maximum Gasteiger partial charge on any atom is 0.119 e. The lowest BCUT2D eigenvalue weighted by atomic mass is 10.1. The third-order valence-corrected chi connectivity index (χ3v) is 4.34. The van der Waals surface area contributed by atoms with Crippen LogP contribution >= 0.6 is 11.6 Å². The van der Waals surface area contributed by atoms with Crippen molar-refractivity contribution in [2.75, 3.05) is 33.3 Å². The number of halogens is 1. The number of benzene rings is 2. The van der Waals surface area contributed by atoms with E-state index in [2.05, 4.69) is 22.3 Å². The smallest absolute Gasteiger partial charge is 0.119 e. The van der Waals surface area contributed by atoms with Crippen molar-refractivity contribution >= 4 is 23.1 Å². The molecule has 0 aromatic heterocycles. The molecule has 0 amide bonds. The van der Waals surface area contributed by atoms with E-state index in [-0.39, 0.29) is 0 Å². The number of hydrogen-bond acceptors (Lipinski definition) is 3. The van der Waals surface area contributed by atoms with Gasteiger partial charge in [0.15, 0.2) is 0 Å². The van der Waals surface area contributed by atoms with Gasteiger partial charge in [0, 0.05) is 37.6 Å². The van der Waals surface area contributed by atoms with E-state index in [4.69, 9.17) is 21.3 Å². The zero-order chi connectivity index (χ0) is 16.8. The Kier molecular flexibility index (Phi) is 5.72. The molecular formula is C19H22ClN3O. The molecule has 0 saturated carbocycles. The number of nitrogens with zero attached hydrogens (tertiary/aromatic N) is 2.